The Bertz CT molecular complexity index is 552. The molecular weight excluding hydrogens is 244 g/mol. The van der Waals surface area contributed by atoms with Gasteiger partial charge in [-0.05, 0) is 18.4 Å². The largest absolute Gasteiger partial charge is 0.481 e. The molecule has 2 aliphatic rings. The third kappa shape index (κ3) is 2.42. The summed E-state index contributed by atoms with van der Waals surface area (Å²) in [6.45, 7) is 3.16. The fraction of sp³-hybridized carbons (Fsp3) is 0.571. The number of hydrogen-bond acceptors (Lipinski definition) is 3. The number of aromatic nitrogens is 1. The molecule has 2 atom stereocenters. The Morgan fingerprint density at radius 3 is 2.95 bits per heavy atom. The molecule has 0 saturated carbocycles. The minimum Gasteiger partial charge on any atom is -0.481 e. The van der Waals surface area contributed by atoms with Gasteiger partial charge in [0.2, 0.25) is 0 Å². The van der Waals surface area contributed by atoms with Gasteiger partial charge in [-0.15, -0.1) is 0 Å². The number of pyridine rings is 1. The molecule has 2 aliphatic heterocycles. The van der Waals surface area contributed by atoms with Crippen LogP contribution in [0.3, 0.4) is 0 Å². The van der Waals surface area contributed by atoms with Crippen LogP contribution in [-0.2, 0) is 11.3 Å². The third-order valence-electron chi connectivity index (χ3n) is 4.20. The number of fused-ring (bicyclic) bond motifs is 4. The predicted octanol–water partition coefficient (Wildman–Crippen LogP) is 0.742. The van der Waals surface area contributed by atoms with E-state index in [0.717, 1.165) is 31.7 Å². The first-order valence-electron chi connectivity index (χ1n) is 6.77. The molecule has 5 nitrogen and oxygen atoms in total. The molecule has 1 aromatic heterocycles. The van der Waals surface area contributed by atoms with E-state index < -0.39 is 5.97 Å². The molecule has 1 N–H and O–H groups in total. The lowest BCUT2D eigenvalue weighted by molar-refractivity contribution is -0.137. The molecule has 3 rings (SSSR count). The summed E-state index contributed by atoms with van der Waals surface area (Å²) < 4.78 is 1.90. The van der Waals surface area contributed by atoms with Crippen molar-refractivity contribution in [1.29, 1.82) is 0 Å². The first-order chi connectivity index (χ1) is 9.13. The summed E-state index contributed by atoms with van der Waals surface area (Å²) in [5, 5.41) is 8.77. The van der Waals surface area contributed by atoms with Crippen molar-refractivity contribution < 1.29 is 9.90 Å². The highest BCUT2D eigenvalue weighted by atomic mass is 16.4. The summed E-state index contributed by atoms with van der Waals surface area (Å²) in [5.74, 6) is 0.0997. The van der Waals surface area contributed by atoms with E-state index in [4.69, 9.17) is 5.11 Å². The van der Waals surface area contributed by atoms with Crippen molar-refractivity contribution in [2.75, 3.05) is 19.6 Å². The van der Waals surface area contributed by atoms with Gasteiger partial charge in [0.15, 0.2) is 0 Å². The standard InChI is InChI=1S/C14H18N2O3/c17-13-3-1-2-12-11-6-10(8-16(12)13)7-15(9-11)5-4-14(18)19/h1-3,10-11H,4-9H2,(H,18,19)/t10?,11-/m0/s1. The van der Waals surface area contributed by atoms with Crippen LogP contribution in [0, 0.1) is 5.92 Å². The maximum absolute atomic E-state index is 11.9. The van der Waals surface area contributed by atoms with Gasteiger partial charge in [0, 0.05) is 43.9 Å². The van der Waals surface area contributed by atoms with E-state index in [9.17, 15) is 9.59 Å². The van der Waals surface area contributed by atoms with Crippen LogP contribution in [0.2, 0.25) is 0 Å². The highest BCUT2D eigenvalue weighted by Crippen LogP contribution is 2.34. The molecule has 1 unspecified atom stereocenters. The SMILES string of the molecule is O=C(O)CCN1CC2C[C@@H](C1)c1cccc(=O)n1C2. The van der Waals surface area contributed by atoms with Gasteiger partial charge < -0.3 is 14.6 Å². The molecule has 0 radical (unpaired) electrons. The molecule has 19 heavy (non-hydrogen) atoms. The molecular formula is C14H18N2O3. The zero-order valence-corrected chi connectivity index (χ0v) is 10.8. The van der Waals surface area contributed by atoms with Crippen LogP contribution in [0.15, 0.2) is 23.0 Å². The molecule has 2 bridgehead atoms. The van der Waals surface area contributed by atoms with Gasteiger partial charge in [0.25, 0.3) is 5.56 Å². The molecule has 0 spiro atoms. The number of carbonyl (C=O) groups is 1. The summed E-state index contributed by atoms with van der Waals surface area (Å²) in [6.07, 6.45) is 1.31. The van der Waals surface area contributed by atoms with Crippen LogP contribution in [0.25, 0.3) is 0 Å². The van der Waals surface area contributed by atoms with Crippen molar-refractivity contribution in [3.63, 3.8) is 0 Å². The summed E-state index contributed by atoms with van der Waals surface area (Å²) in [5.41, 5.74) is 1.20. The second-order valence-electron chi connectivity index (χ2n) is 5.60. The smallest absolute Gasteiger partial charge is 0.304 e. The minimum absolute atomic E-state index is 0.0891. The number of piperidine rings is 1. The predicted molar refractivity (Wildman–Crippen MR) is 70.2 cm³/mol. The summed E-state index contributed by atoms with van der Waals surface area (Å²) in [6, 6.07) is 5.47. The Hall–Kier alpha value is -1.62. The third-order valence-corrected chi connectivity index (χ3v) is 4.20. The van der Waals surface area contributed by atoms with Crippen LogP contribution in [-0.4, -0.2) is 40.2 Å². The van der Waals surface area contributed by atoms with Gasteiger partial charge in [-0.25, -0.2) is 0 Å². The maximum Gasteiger partial charge on any atom is 0.304 e. The van der Waals surface area contributed by atoms with E-state index in [0.29, 0.717) is 18.4 Å². The van der Waals surface area contributed by atoms with Gasteiger partial charge >= 0.3 is 5.97 Å². The normalized spacial score (nSPS) is 25.9. The molecule has 0 aromatic carbocycles. The van der Waals surface area contributed by atoms with Crippen LogP contribution in [0.4, 0.5) is 0 Å². The van der Waals surface area contributed by atoms with Crippen molar-refractivity contribution in [3.05, 3.63) is 34.2 Å². The van der Waals surface area contributed by atoms with Gasteiger partial charge in [0.05, 0.1) is 6.42 Å². The Labute approximate surface area is 111 Å². The van der Waals surface area contributed by atoms with Crippen molar-refractivity contribution in [3.8, 4) is 0 Å². The summed E-state index contributed by atoms with van der Waals surface area (Å²) >= 11 is 0. The van der Waals surface area contributed by atoms with Crippen LogP contribution >= 0.6 is 0 Å². The molecule has 1 aromatic rings. The van der Waals surface area contributed by atoms with E-state index in [2.05, 4.69) is 4.90 Å². The second-order valence-corrected chi connectivity index (χ2v) is 5.60. The quantitative estimate of drug-likeness (QED) is 0.873. The molecule has 3 heterocycles. The molecule has 102 valence electrons. The lowest BCUT2D eigenvalue weighted by Crippen LogP contribution is -2.47. The summed E-state index contributed by atoms with van der Waals surface area (Å²) in [4.78, 5) is 24.8. The fourth-order valence-electron chi connectivity index (χ4n) is 3.43. The van der Waals surface area contributed by atoms with Gasteiger partial charge in [-0.1, -0.05) is 6.07 Å². The Balaban J connectivity index is 1.80. The second kappa shape index (κ2) is 4.81. The van der Waals surface area contributed by atoms with E-state index in [1.165, 1.54) is 0 Å². The van der Waals surface area contributed by atoms with E-state index in [-0.39, 0.29) is 12.0 Å². The number of carboxylic acid groups (broad SMARTS) is 1. The van der Waals surface area contributed by atoms with Gasteiger partial charge in [0.1, 0.15) is 0 Å². The highest BCUT2D eigenvalue weighted by Gasteiger charge is 2.34. The average Bonchev–Trinajstić information content (AvgIpc) is 2.38. The number of aliphatic carboxylic acids is 1. The van der Waals surface area contributed by atoms with Crippen molar-refractivity contribution in [2.45, 2.75) is 25.3 Å². The van der Waals surface area contributed by atoms with Gasteiger partial charge in [-0.3, -0.25) is 9.59 Å². The van der Waals surface area contributed by atoms with Gasteiger partial charge in [-0.2, -0.15) is 0 Å². The lowest BCUT2D eigenvalue weighted by atomic mass is 9.83. The van der Waals surface area contributed by atoms with E-state index in [1.807, 2.05) is 16.7 Å². The monoisotopic (exact) mass is 262 g/mol. The van der Waals surface area contributed by atoms with E-state index in [1.54, 1.807) is 6.07 Å². The lowest BCUT2D eigenvalue weighted by Gasteiger charge is -2.42. The maximum atomic E-state index is 11.9. The Morgan fingerprint density at radius 1 is 1.32 bits per heavy atom. The molecule has 5 heteroatoms. The topological polar surface area (TPSA) is 62.5 Å². The number of likely N-dealkylation sites (tertiary alicyclic amines) is 1. The molecule has 0 aliphatic carbocycles. The number of rotatable bonds is 3. The first-order valence-corrected chi connectivity index (χ1v) is 6.77. The number of nitrogens with zero attached hydrogens (tertiary/aromatic N) is 2. The zero-order valence-electron chi connectivity index (χ0n) is 10.8. The number of carboxylic acids is 1. The van der Waals surface area contributed by atoms with Crippen molar-refractivity contribution >= 4 is 5.97 Å². The molecule has 1 saturated heterocycles. The first kappa shape index (κ1) is 12.4. The minimum atomic E-state index is -0.743. The summed E-state index contributed by atoms with van der Waals surface area (Å²) in [7, 11) is 0. The van der Waals surface area contributed by atoms with Crippen LogP contribution < -0.4 is 5.56 Å². The Kier molecular flexibility index (Phi) is 3.14. The van der Waals surface area contributed by atoms with Crippen LogP contribution in [0.5, 0.6) is 0 Å². The zero-order chi connectivity index (χ0) is 13.4. The van der Waals surface area contributed by atoms with Crippen LogP contribution in [0.1, 0.15) is 24.5 Å². The molecule has 1 fully saturated rings. The number of hydrogen-bond donors (Lipinski definition) is 1. The van der Waals surface area contributed by atoms with Crippen molar-refractivity contribution in [1.82, 2.24) is 9.47 Å². The highest BCUT2D eigenvalue weighted by molar-refractivity contribution is 5.66. The Morgan fingerprint density at radius 2 is 2.16 bits per heavy atom. The van der Waals surface area contributed by atoms with Crippen molar-refractivity contribution in [2.24, 2.45) is 5.92 Å². The van der Waals surface area contributed by atoms with E-state index >= 15 is 0 Å². The fourth-order valence-corrected chi connectivity index (χ4v) is 3.43. The molecule has 0 amide bonds. The average molecular weight is 262 g/mol.